The quantitative estimate of drug-likeness (QED) is 0.632. The van der Waals surface area contributed by atoms with Gasteiger partial charge in [0.2, 0.25) is 0 Å². The van der Waals surface area contributed by atoms with E-state index in [1.165, 1.54) is 5.56 Å². The summed E-state index contributed by atoms with van der Waals surface area (Å²) >= 11 is 1.71. The van der Waals surface area contributed by atoms with Crippen molar-refractivity contribution in [3.05, 3.63) is 72.1 Å². The summed E-state index contributed by atoms with van der Waals surface area (Å²) in [5.41, 5.74) is 2.10. The first-order valence-corrected chi connectivity index (χ1v) is 10.9. The number of hydrogen-bond donors (Lipinski definition) is 1. The lowest BCUT2D eigenvalue weighted by Gasteiger charge is -2.31. The molecule has 0 radical (unpaired) electrons. The van der Waals surface area contributed by atoms with E-state index in [4.69, 9.17) is 0 Å². The first-order chi connectivity index (χ1) is 14.2. The standard InChI is InChI=1S/C22H25N5OS/c1-26-20(24-25-22(26)29-16-17-8-4-2-5-9-17)18-12-14-27(15-13-18)21(28)23-19-10-6-3-7-11-19/h2-11,18H,12-16H2,1H3,(H,23,28). The number of carbonyl (C=O) groups excluding carboxylic acids is 1. The third-order valence-corrected chi connectivity index (χ3v) is 6.34. The first kappa shape index (κ1) is 19.5. The average molecular weight is 408 g/mol. The number of hydrogen-bond acceptors (Lipinski definition) is 4. The molecule has 1 fully saturated rings. The van der Waals surface area contributed by atoms with Crippen LogP contribution in [0.25, 0.3) is 0 Å². The molecule has 2 amide bonds. The Morgan fingerprint density at radius 3 is 2.38 bits per heavy atom. The minimum absolute atomic E-state index is 0.0354. The van der Waals surface area contributed by atoms with Gasteiger partial charge in [0.1, 0.15) is 5.82 Å². The molecule has 0 bridgehead atoms. The Bertz CT molecular complexity index is 936. The van der Waals surface area contributed by atoms with Crippen molar-refractivity contribution in [3.63, 3.8) is 0 Å². The van der Waals surface area contributed by atoms with Crippen LogP contribution in [0.15, 0.2) is 65.8 Å². The summed E-state index contributed by atoms with van der Waals surface area (Å²) in [6, 6.07) is 19.9. The molecule has 2 aromatic carbocycles. The van der Waals surface area contributed by atoms with Crippen LogP contribution in [0.4, 0.5) is 10.5 Å². The topological polar surface area (TPSA) is 63.1 Å². The normalized spacial score (nSPS) is 14.7. The van der Waals surface area contributed by atoms with Crippen molar-refractivity contribution in [2.75, 3.05) is 18.4 Å². The molecule has 0 spiro atoms. The Kier molecular flexibility index (Phi) is 6.14. The van der Waals surface area contributed by atoms with Crippen LogP contribution in [0.2, 0.25) is 0 Å². The smallest absolute Gasteiger partial charge is 0.321 e. The molecule has 1 aromatic heterocycles. The molecule has 0 atom stereocenters. The molecule has 3 aromatic rings. The van der Waals surface area contributed by atoms with E-state index in [-0.39, 0.29) is 6.03 Å². The largest absolute Gasteiger partial charge is 0.324 e. The van der Waals surface area contributed by atoms with Crippen molar-refractivity contribution in [2.45, 2.75) is 29.7 Å². The van der Waals surface area contributed by atoms with Gasteiger partial charge in [0.25, 0.3) is 0 Å². The summed E-state index contributed by atoms with van der Waals surface area (Å²) in [6.07, 6.45) is 1.80. The Balaban J connectivity index is 1.31. The van der Waals surface area contributed by atoms with Crippen LogP contribution in [-0.4, -0.2) is 38.8 Å². The maximum Gasteiger partial charge on any atom is 0.321 e. The monoisotopic (exact) mass is 407 g/mol. The van der Waals surface area contributed by atoms with Gasteiger partial charge >= 0.3 is 6.03 Å². The number of thioether (sulfide) groups is 1. The molecule has 6 nitrogen and oxygen atoms in total. The minimum atomic E-state index is -0.0354. The predicted octanol–water partition coefficient (Wildman–Crippen LogP) is 4.52. The van der Waals surface area contributed by atoms with Crippen molar-refractivity contribution < 1.29 is 4.79 Å². The van der Waals surface area contributed by atoms with Gasteiger partial charge in [-0.1, -0.05) is 60.3 Å². The number of benzene rings is 2. The molecular formula is C22H25N5OS. The summed E-state index contributed by atoms with van der Waals surface area (Å²) in [7, 11) is 2.04. The molecule has 0 unspecified atom stereocenters. The van der Waals surface area contributed by atoms with Crippen LogP contribution in [0.5, 0.6) is 0 Å². The number of nitrogens with one attached hydrogen (secondary N) is 1. The lowest BCUT2D eigenvalue weighted by Crippen LogP contribution is -2.40. The maximum atomic E-state index is 12.5. The van der Waals surface area contributed by atoms with E-state index in [2.05, 4.69) is 44.3 Å². The van der Waals surface area contributed by atoms with Crippen LogP contribution in [-0.2, 0) is 12.8 Å². The second-order valence-corrected chi connectivity index (χ2v) is 8.17. The highest BCUT2D eigenvalue weighted by atomic mass is 32.2. The van der Waals surface area contributed by atoms with Crippen molar-refractivity contribution in [1.29, 1.82) is 0 Å². The van der Waals surface area contributed by atoms with Gasteiger partial charge in [-0.05, 0) is 30.5 Å². The number of carbonyl (C=O) groups is 1. The van der Waals surface area contributed by atoms with Gasteiger partial charge < -0.3 is 14.8 Å². The number of amides is 2. The summed E-state index contributed by atoms with van der Waals surface area (Å²) in [6.45, 7) is 1.45. The highest BCUT2D eigenvalue weighted by molar-refractivity contribution is 7.98. The Labute approximate surface area is 175 Å². The number of anilines is 1. The summed E-state index contributed by atoms with van der Waals surface area (Å²) in [5, 5.41) is 12.8. The number of nitrogens with zero attached hydrogens (tertiary/aromatic N) is 4. The van der Waals surface area contributed by atoms with E-state index in [1.54, 1.807) is 11.8 Å². The molecule has 0 saturated carbocycles. The van der Waals surface area contributed by atoms with Crippen LogP contribution >= 0.6 is 11.8 Å². The Hall–Kier alpha value is -2.80. The van der Waals surface area contributed by atoms with E-state index < -0.39 is 0 Å². The summed E-state index contributed by atoms with van der Waals surface area (Å²) in [4.78, 5) is 14.4. The van der Waals surface area contributed by atoms with E-state index in [0.717, 1.165) is 48.4 Å². The van der Waals surface area contributed by atoms with Crippen LogP contribution < -0.4 is 5.32 Å². The lowest BCUT2D eigenvalue weighted by atomic mass is 9.96. The Morgan fingerprint density at radius 1 is 1.03 bits per heavy atom. The molecule has 0 aliphatic carbocycles. The van der Waals surface area contributed by atoms with Gasteiger partial charge in [0, 0.05) is 37.5 Å². The Morgan fingerprint density at radius 2 is 1.69 bits per heavy atom. The molecule has 29 heavy (non-hydrogen) atoms. The van der Waals surface area contributed by atoms with Gasteiger partial charge in [0.15, 0.2) is 5.16 Å². The summed E-state index contributed by atoms with van der Waals surface area (Å²) < 4.78 is 2.11. The second kappa shape index (κ2) is 9.13. The van der Waals surface area contributed by atoms with E-state index in [1.807, 2.05) is 48.3 Å². The van der Waals surface area contributed by atoms with Crippen molar-refractivity contribution in [3.8, 4) is 0 Å². The molecule has 1 aliphatic rings. The maximum absolute atomic E-state index is 12.5. The highest BCUT2D eigenvalue weighted by Crippen LogP contribution is 2.30. The fraction of sp³-hybridized carbons (Fsp3) is 0.318. The van der Waals surface area contributed by atoms with Gasteiger partial charge in [-0.25, -0.2) is 4.79 Å². The lowest BCUT2D eigenvalue weighted by molar-refractivity contribution is 0.193. The third kappa shape index (κ3) is 4.79. The van der Waals surface area contributed by atoms with Crippen molar-refractivity contribution in [1.82, 2.24) is 19.7 Å². The van der Waals surface area contributed by atoms with Crippen LogP contribution in [0.1, 0.15) is 30.1 Å². The number of para-hydroxylation sites is 1. The number of aromatic nitrogens is 3. The molecule has 4 rings (SSSR count). The van der Waals surface area contributed by atoms with Gasteiger partial charge in [-0.2, -0.15) is 0 Å². The molecular weight excluding hydrogens is 382 g/mol. The zero-order valence-corrected chi connectivity index (χ0v) is 17.3. The van der Waals surface area contributed by atoms with E-state index in [9.17, 15) is 4.79 Å². The fourth-order valence-corrected chi connectivity index (χ4v) is 4.47. The zero-order chi connectivity index (χ0) is 20.1. The second-order valence-electron chi connectivity index (χ2n) is 7.23. The minimum Gasteiger partial charge on any atom is -0.324 e. The highest BCUT2D eigenvalue weighted by Gasteiger charge is 2.27. The number of likely N-dealkylation sites (tertiary alicyclic amines) is 1. The summed E-state index contributed by atoms with van der Waals surface area (Å²) in [5.74, 6) is 2.23. The fourth-order valence-electron chi connectivity index (χ4n) is 3.59. The molecule has 1 N–H and O–H groups in total. The molecule has 1 aliphatic heterocycles. The molecule has 1 saturated heterocycles. The average Bonchev–Trinajstić information content (AvgIpc) is 3.14. The molecule has 150 valence electrons. The third-order valence-electron chi connectivity index (χ3n) is 5.25. The van der Waals surface area contributed by atoms with Crippen LogP contribution in [0.3, 0.4) is 0 Å². The van der Waals surface area contributed by atoms with Crippen molar-refractivity contribution >= 4 is 23.5 Å². The zero-order valence-electron chi connectivity index (χ0n) is 16.5. The van der Waals surface area contributed by atoms with E-state index >= 15 is 0 Å². The van der Waals surface area contributed by atoms with Gasteiger partial charge in [-0.15, -0.1) is 10.2 Å². The molecule has 7 heteroatoms. The number of piperidine rings is 1. The van der Waals surface area contributed by atoms with Gasteiger partial charge in [-0.3, -0.25) is 0 Å². The molecule has 2 heterocycles. The SMILES string of the molecule is Cn1c(SCc2ccccc2)nnc1C1CCN(C(=O)Nc2ccccc2)CC1. The number of rotatable bonds is 5. The van der Waals surface area contributed by atoms with Gasteiger partial charge in [0.05, 0.1) is 0 Å². The first-order valence-electron chi connectivity index (χ1n) is 9.87. The van der Waals surface area contributed by atoms with E-state index in [0.29, 0.717) is 5.92 Å². The van der Waals surface area contributed by atoms with Crippen LogP contribution in [0, 0.1) is 0 Å². The number of urea groups is 1. The predicted molar refractivity (Wildman–Crippen MR) is 116 cm³/mol. The van der Waals surface area contributed by atoms with Crippen molar-refractivity contribution in [2.24, 2.45) is 7.05 Å².